The van der Waals surface area contributed by atoms with E-state index < -0.39 is 5.91 Å². The van der Waals surface area contributed by atoms with Gasteiger partial charge in [-0.25, -0.2) is 0 Å². The average molecular weight is 573 g/mol. The Labute approximate surface area is 239 Å². The summed E-state index contributed by atoms with van der Waals surface area (Å²) in [4.78, 5) is 28.6. The molecule has 39 heavy (non-hydrogen) atoms. The third-order valence-electron chi connectivity index (χ3n) is 6.24. The number of tetrazole rings is 1. The molecule has 0 saturated carbocycles. The van der Waals surface area contributed by atoms with Gasteiger partial charge < -0.3 is 16.0 Å². The molecule has 1 aliphatic heterocycles. The quantitative estimate of drug-likeness (QED) is 0.310. The summed E-state index contributed by atoms with van der Waals surface area (Å²) in [7, 11) is 0. The van der Waals surface area contributed by atoms with Gasteiger partial charge in [0, 0.05) is 22.3 Å². The van der Waals surface area contributed by atoms with Gasteiger partial charge in [0.15, 0.2) is 5.82 Å². The third-order valence-corrected chi connectivity index (χ3v) is 8.40. The summed E-state index contributed by atoms with van der Waals surface area (Å²) in [6.45, 7) is 10.9. The maximum Gasteiger partial charge on any atom is 0.258 e. The molecule has 3 aromatic heterocycles. The molecule has 2 unspecified atom stereocenters. The van der Waals surface area contributed by atoms with E-state index in [9.17, 15) is 14.9 Å². The highest BCUT2D eigenvalue weighted by molar-refractivity contribution is 7.14. The first kappa shape index (κ1) is 32.1. The van der Waals surface area contributed by atoms with E-state index in [4.69, 9.17) is 5.73 Å². The highest BCUT2D eigenvalue weighted by Crippen LogP contribution is 2.33. The fourth-order valence-corrected chi connectivity index (χ4v) is 6.24. The van der Waals surface area contributed by atoms with Crippen LogP contribution in [0.2, 0.25) is 0 Å². The number of nitrogens with two attached hydrogens (primary N) is 1. The first-order valence-electron chi connectivity index (χ1n) is 13.6. The number of nitrogens with zero attached hydrogens (tertiary/aromatic N) is 5. The van der Waals surface area contributed by atoms with Crippen LogP contribution < -0.4 is 11.1 Å². The fourth-order valence-electron chi connectivity index (χ4n) is 4.43. The van der Waals surface area contributed by atoms with Crippen LogP contribution in [-0.4, -0.2) is 62.5 Å². The van der Waals surface area contributed by atoms with E-state index in [1.807, 2.05) is 40.7 Å². The third kappa shape index (κ3) is 8.95. The number of aromatic nitrogens is 4. The van der Waals surface area contributed by atoms with Gasteiger partial charge in [-0.15, -0.1) is 32.9 Å². The number of primary amides is 1. The van der Waals surface area contributed by atoms with Crippen molar-refractivity contribution in [1.29, 1.82) is 5.26 Å². The SMILES string of the molecule is CC.CC.CC(CC(c1nn[nH]n1)c1ccsc1CCc1ccc(C(N)=O)s1)NCC(=O)N1CCC[C@H]1C#N. The molecule has 0 aromatic carbocycles. The number of aromatic amines is 1. The van der Waals surface area contributed by atoms with Crippen molar-refractivity contribution in [1.82, 2.24) is 30.8 Å². The van der Waals surface area contributed by atoms with Crippen molar-refractivity contribution in [2.45, 2.75) is 84.7 Å². The van der Waals surface area contributed by atoms with Gasteiger partial charge in [0.05, 0.1) is 23.4 Å². The monoisotopic (exact) mass is 572 g/mol. The van der Waals surface area contributed by atoms with E-state index in [2.05, 4.69) is 43.5 Å². The van der Waals surface area contributed by atoms with Crippen LogP contribution >= 0.6 is 22.7 Å². The number of hydrogen-bond acceptors (Lipinski definition) is 9. The van der Waals surface area contributed by atoms with Crippen molar-refractivity contribution in [3.8, 4) is 6.07 Å². The highest BCUT2D eigenvalue weighted by Gasteiger charge is 2.29. The molecule has 3 atom stereocenters. The molecule has 1 fully saturated rings. The number of carbonyl (C=O) groups excluding carboxylic acids is 2. The summed E-state index contributed by atoms with van der Waals surface area (Å²) in [6, 6.07) is 7.74. The molecule has 10 nitrogen and oxygen atoms in total. The van der Waals surface area contributed by atoms with Gasteiger partial charge in [-0.1, -0.05) is 32.9 Å². The number of rotatable bonds is 11. The van der Waals surface area contributed by atoms with Gasteiger partial charge in [0.1, 0.15) is 6.04 Å². The van der Waals surface area contributed by atoms with Crippen molar-refractivity contribution < 1.29 is 9.59 Å². The van der Waals surface area contributed by atoms with Gasteiger partial charge in [-0.05, 0) is 68.2 Å². The average Bonchev–Trinajstić information content (AvgIpc) is 3.78. The normalized spacial score (nSPS) is 15.8. The summed E-state index contributed by atoms with van der Waals surface area (Å²) in [5, 5.41) is 29.5. The van der Waals surface area contributed by atoms with Crippen molar-refractivity contribution in [3.05, 3.63) is 49.6 Å². The largest absolute Gasteiger partial charge is 0.365 e. The molecule has 4 rings (SSSR count). The van der Waals surface area contributed by atoms with Crippen LogP contribution in [0.5, 0.6) is 0 Å². The lowest BCUT2D eigenvalue weighted by Crippen LogP contribution is -2.43. The molecule has 0 spiro atoms. The van der Waals surface area contributed by atoms with Crippen LogP contribution in [0.25, 0.3) is 0 Å². The lowest BCUT2D eigenvalue weighted by Gasteiger charge is -2.23. The molecule has 0 bridgehead atoms. The molecular weight excluding hydrogens is 532 g/mol. The number of nitriles is 1. The number of carbonyl (C=O) groups is 2. The first-order valence-corrected chi connectivity index (χ1v) is 15.3. The van der Waals surface area contributed by atoms with E-state index in [1.165, 1.54) is 16.2 Å². The maximum absolute atomic E-state index is 12.6. The van der Waals surface area contributed by atoms with Crippen molar-refractivity contribution >= 4 is 34.5 Å². The number of aryl methyl sites for hydroxylation is 2. The number of hydrogen-bond donors (Lipinski definition) is 3. The molecule has 2 amide bonds. The Kier molecular flexibility index (Phi) is 13.8. The van der Waals surface area contributed by atoms with E-state index in [0.29, 0.717) is 23.7 Å². The Balaban J connectivity index is 0.00000127. The molecule has 12 heteroatoms. The smallest absolute Gasteiger partial charge is 0.258 e. The second-order valence-electron chi connectivity index (χ2n) is 8.64. The van der Waals surface area contributed by atoms with E-state index in [-0.39, 0.29) is 30.5 Å². The Hall–Kier alpha value is -3.14. The predicted octanol–water partition coefficient (Wildman–Crippen LogP) is 4.27. The van der Waals surface area contributed by atoms with Crippen LogP contribution in [-0.2, 0) is 17.6 Å². The standard InChI is InChI=1S/C23H28N8O2S2.2C2H6/c1-14(26-13-21(32)31-9-2-3-15(31)12-24)11-18(23-27-29-30-28-23)17-8-10-34-19(17)6-4-16-5-7-20(35-16)22(25)33;2*1-2/h5,7-8,10,14-15,18,26H,2-4,6,9,11,13H2,1H3,(H2,25,33)(H,27,28,29,30);2*1-2H3/t14?,15-,18?;;/m0../s1. The van der Waals surface area contributed by atoms with Crippen LogP contribution in [0.1, 0.15) is 90.6 Å². The van der Waals surface area contributed by atoms with Crippen molar-refractivity contribution in [3.63, 3.8) is 0 Å². The predicted molar refractivity (Wildman–Crippen MR) is 156 cm³/mol. The van der Waals surface area contributed by atoms with Crippen molar-refractivity contribution in [2.75, 3.05) is 13.1 Å². The topological polar surface area (TPSA) is 154 Å². The molecule has 4 heterocycles. The van der Waals surface area contributed by atoms with Crippen LogP contribution in [0, 0.1) is 11.3 Å². The lowest BCUT2D eigenvalue weighted by atomic mass is 9.91. The minimum atomic E-state index is -0.400. The van der Waals surface area contributed by atoms with E-state index in [0.717, 1.165) is 36.1 Å². The molecule has 212 valence electrons. The lowest BCUT2D eigenvalue weighted by molar-refractivity contribution is -0.130. The second-order valence-corrected chi connectivity index (χ2v) is 10.8. The van der Waals surface area contributed by atoms with Crippen LogP contribution in [0.15, 0.2) is 23.6 Å². The minimum Gasteiger partial charge on any atom is -0.365 e. The molecule has 0 aliphatic carbocycles. The summed E-state index contributed by atoms with van der Waals surface area (Å²) >= 11 is 3.12. The molecule has 0 radical (unpaired) electrons. The Morgan fingerprint density at radius 1 is 1.26 bits per heavy atom. The molecule has 1 saturated heterocycles. The zero-order valence-corrected chi connectivity index (χ0v) is 25.1. The Bertz CT molecular complexity index is 1180. The summed E-state index contributed by atoms with van der Waals surface area (Å²) < 4.78 is 0. The highest BCUT2D eigenvalue weighted by atomic mass is 32.1. The molecule has 3 aromatic rings. The van der Waals surface area contributed by atoms with Gasteiger partial charge >= 0.3 is 0 Å². The van der Waals surface area contributed by atoms with Crippen LogP contribution in [0.4, 0.5) is 0 Å². The van der Waals surface area contributed by atoms with Crippen LogP contribution in [0.3, 0.4) is 0 Å². The second kappa shape index (κ2) is 16.7. The van der Waals surface area contributed by atoms with Gasteiger partial charge in [-0.2, -0.15) is 10.5 Å². The summed E-state index contributed by atoms with van der Waals surface area (Å²) in [5.74, 6) is 0.0826. The zero-order valence-electron chi connectivity index (χ0n) is 23.4. The fraction of sp³-hybridized carbons (Fsp3) is 0.556. The molecule has 1 aliphatic rings. The van der Waals surface area contributed by atoms with Gasteiger partial charge in [0.25, 0.3) is 5.91 Å². The van der Waals surface area contributed by atoms with E-state index >= 15 is 0 Å². The number of nitrogens with one attached hydrogen (secondary N) is 2. The number of likely N-dealkylation sites (tertiary alicyclic amines) is 1. The zero-order chi connectivity index (χ0) is 28.8. The van der Waals surface area contributed by atoms with E-state index in [1.54, 1.807) is 22.3 Å². The van der Waals surface area contributed by atoms with Gasteiger partial charge in [-0.3, -0.25) is 9.59 Å². The Morgan fingerprint density at radius 2 is 2.03 bits per heavy atom. The first-order chi connectivity index (χ1) is 19.0. The van der Waals surface area contributed by atoms with Gasteiger partial charge in [0.2, 0.25) is 5.91 Å². The molecular formula is C27H40N8O2S2. The number of amides is 2. The number of thiophene rings is 2. The Morgan fingerprint density at radius 3 is 2.67 bits per heavy atom. The summed E-state index contributed by atoms with van der Waals surface area (Å²) in [5.41, 5.74) is 6.53. The van der Waals surface area contributed by atoms with Crippen molar-refractivity contribution in [2.24, 2.45) is 5.73 Å². The number of H-pyrrole nitrogens is 1. The summed E-state index contributed by atoms with van der Waals surface area (Å²) in [6.07, 6.45) is 3.93. The minimum absolute atomic E-state index is 0.00811. The maximum atomic E-state index is 12.6. The molecule has 4 N–H and O–H groups in total.